The smallest absolute Gasteiger partial charge is 0.322 e. The fourth-order valence-electron chi connectivity index (χ4n) is 3.50. The highest BCUT2D eigenvalue weighted by Crippen LogP contribution is 2.25. The molecule has 31 heavy (non-hydrogen) atoms. The molecular weight excluding hydrogens is 392 g/mol. The van der Waals surface area contributed by atoms with Crippen LogP contribution in [0, 0.1) is 6.92 Å². The Hall–Kier alpha value is -3.65. The van der Waals surface area contributed by atoms with Crippen molar-refractivity contribution in [2.24, 2.45) is 0 Å². The number of benzene rings is 2. The summed E-state index contributed by atoms with van der Waals surface area (Å²) in [6.07, 6.45) is 0.669. The van der Waals surface area contributed by atoms with Crippen LogP contribution in [0.5, 0.6) is 0 Å². The number of amides is 3. The van der Waals surface area contributed by atoms with Crippen molar-refractivity contribution in [2.75, 3.05) is 10.6 Å². The zero-order valence-corrected chi connectivity index (χ0v) is 17.6. The van der Waals surface area contributed by atoms with E-state index in [0.717, 1.165) is 17.5 Å². The van der Waals surface area contributed by atoms with Crippen LogP contribution in [0.3, 0.4) is 0 Å². The summed E-state index contributed by atoms with van der Waals surface area (Å²) in [5, 5.41) is 16.7. The van der Waals surface area contributed by atoms with Crippen LogP contribution in [0.4, 0.5) is 16.3 Å². The highest BCUT2D eigenvalue weighted by molar-refractivity contribution is 5.99. The second-order valence-corrected chi connectivity index (χ2v) is 7.62. The number of anilines is 2. The van der Waals surface area contributed by atoms with Crippen LogP contribution in [-0.4, -0.2) is 27.8 Å². The van der Waals surface area contributed by atoms with Crippen LogP contribution in [0.1, 0.15) is 31.6 Å². The number of carbonyl (C=O) groups is 2. The van der Waals surface area contributed by atoms with Crippen molar-refractivity contribution in [1.82, 2.24) is 20.4 Å². The Morgan fingerprint density at radius 3 is 2.58 bits per heavy atom. The first-order valence-electron chi connectivity index (χ1n) is 10.4. The minimum absolute atomic E-state index is 0.0392. The van der Waals surface area contributed by atoms with Gasteiger partial charge >= 0.3 is 6.03 Å². The van der Waals surface area contributed by atoms with Gasteiger partial charge in [-0.3, -0.25) is 15.4 Å². The highest BCUT2D eigenvalue weighted by atomic mass is 16.2. The number of urea groups is 1. The monoisotopic (exact) mass is 418 g/mol. The third-order valence-corrected chi connectivity index (χ3v) is 5.22. The number of hydrogen-bond donors (Lipinski definition) is 4. The standard InChI is InChI=1S/C23H26N6O2/c1-3-17-13-21(30)27-22(24-17)29-20(14-19(28-29)16-7-5-4-6-8-16)26-23(31)25-18-11-9-15(2)10-12-18/h4-12,14,17,22,24H,3,13H2,1-2H3,(H,27,30)(H2,25,26,31). The zero-order valence-electron chi connectivity index (χ0n) is 17.6. The number of aryl methyl sites for hydroxylation is 1. The number of nitrogens with one attached hydrogen (secondary N) is 4. The van der Waals surface area contributed by atoms with Gasteiger partial charge in [0.05, 0.1) is 5.69 Å². The summed E-state index contributed by atoms with van der Waals surface area (Å²) < 4.78 is 1.61. The van der Waals surface area contributed by atoms with Gasteiger partial charge in [0.25, 0.3) is 0 Å². The molecule has 0 saturated carbocycles. The van der Waals surface area contributed by atoms with Gasteiger partial charge in [-0.1, -0.05) is 55.0 Å². The predicted molar refractivity (Wildman–Crippen MR) is 120 cm³/mol. The number of aromatic nitrogens is 2. The number of nitrogens with zero attached hydrogens (tertiary/aromatic N) is 2. The largest absolute Gasteiger partial charge is 0.324 e. The fraction of sp³-hybridized carbons (Fsp3) is 0.261. The molecule has 4 N–H and O–H groups in total. The minimum Gasteiger partial charge on any atom is -0.322 e. The molecule has 2 heterocycles. The lowest BCUT2D eigenvalue weighted by Crippen LogP contribution is -2.53. The van der Waals surface area contributed by atoms with Gasteiger partial charge in [0, 0.05) is 29.8 Å². The van der Waals surface area contributed by atoms with Gasteiger partial charge in [-0.05, 0) is 25.5 Å². The van der Waals surface area contributed by atoms with Gasteiger partial charge < -0.3 is 10.6 Å². The summed E-state index contributed by atoms with van der Waals surface area (Å²) in [6, 6.07) is 18.7. The second kappa shape index (κ2) is 9.01. The molecule has 2 aromatic carbocycles. The molecule has 3 aromatic rings. The van der Waals surface area contributed by atoms with Crippen molar-refractivity contribution in [1.29, 1.82) is 0 Å². The quantitative estimate of drug-likeness (QED) is 0.506. The Morgan fingerprint density at radius 1 is 1.13 bits per heavy atom. The molecule has 1 saturated heterocycles. The Kier molecular flexibility index (Phi) is 5.99. The van der Waals surface area contributed by atoms with E-state index in [-0.39, 0.29) is 11.9 Å². The van der Waals surface area contributed by atoms with Crippen molar-refractivity contribution in [3.8, 4) is 11.3 Å². The normalized spacial score (nSPS) is 18.3. The summed E-state index contributed by atoms with van der Waals surface area (Å²) >= 11 is 0. The average molecular weight is 419 g/mol. The van der Waals surface area contributed by atoms with E-state index in [1.165, 1.54) is 0 Å². The van der Waals surface area contributed by atoms with E-state index in [4.69, 9.17) is 0 Å². The van der Waals surface area contributed by atoms with E-state index in [1.807, 2.05) is 68.4 Å². The molecular formula is C23H26N6O2. The van der Waals surface area contributed by atoms with Gasteiger partial charge in [-0.15, -0.1) is 0 Å². The molecule has 1 aromatic heterocycles. The number of hydrogen-bond acceptors (Lipinski definition) is 4. The number of rotatable bonds is 5. The lowest BCUT2D eigenvalue weighted by atomic mass is 10.1. The van der Waals surface area contributed by atoms with E-state index in [1.54, 1.807) is 10.7 Å². The van der Waals surface area contributed by atoms with Crippen LogP contribution in [0.25, 0.3) is 11.3 Å². The van der Waals surface area contributed by atoms with E-state index in [0.29, 0.717) is 23.6 Å². The first kappa shape index (κ1) is 20.6. The second-order valence-electron chi connectivity index (χ2n) is 7.62. The molecule has 0 radical (unpaired) electrons. The van der Waals surface area contributed by atoms with E-state index >= 15 is 0 Å². The first-order chi connectivity index (χ1) is 15.0. The minimum atomic E-state index is -0.557. The molecule has 1 aliphatic rings. The Labute approximate surface area is 181 Å². The van der Waals surface area contributed by atoms with Gasteiger partial charge in [0.15, 0.2) is 6.29 Å². The first-order valence-corrected chi connectivity index (χ1v) is 10.4. The summed E-state index contributed by atoms with van der Waals surface area (Å²) in [5.74, 6) is 0.417. The van der Waals surface area contributed by atoms with E-state index in [9.17, 15) is 9.59 Å². The molecule has 160 valence electrons. The lowest BCUT2D eigenvalue weighted by Gasteiger charge is -2.31. The van der Waals surface area contributed by atoms with Crippen molar-refractivity contribution in [2.45, 2.75) is 39.0 Å². The molecule has 4 rings (SSSR count). The van der Waals surface area contributed by atoms with E-state index in [2.05, 4.69) is 26.4 Å². The van der Waals surface area contributed by atoms with Crippen molar-refractivity contribution < 1.29 is 9.59 Å². The summed E-state index contributed by atoms with van der Waals surface area (Å²) in [6.45, 7) is 4.02. The molecule has 2 atom stereocenters. The van der Waals surface area contributed by atoms with Gasteiger partial charge in [0.1, 0.15) is 5.82 Å². The fourth-order valence-corrected chi connectivity index (χ4v) is 3.50. The van der Waals surface area contributed by atoms with Gasteiger partial charge in [0.2, 0.25) is 5.91 Å². The molecule has 8 heteroatoms. The third-order valence-electron chi connectivity index (χ3n) is 5.22. The van der Waals surface area contributed by atoms with Crippen LogP contribution in [0.2, 0.25) is 0 Å². The van der Waals surface area contributed by atoms with Crippen LogP contribution >= 0.6 is 0 Å². The van der Waals surface area contributed by atoms with Crippen molar-refractivity contribution in [3.05, 3.63) is 66.2 Å². The summed E-state index contributed by atoms with van der Waals surface area (Å²) in [7, 11) is 0. The topological polar surface area (TPSA) is 100 Å². The summed E-state index contributed by atoms with van der Waals surface area (Å²) in [5.41, 5.74) is 3.41. The SMILES string of the molecule is CCC1CC(=O)NC(n2nc(-c3ccccc3)cc2NC(=O)Nc2ccc(C)cc2)N1. The Balaban J connectivity index is 1.61. The molecule has 2 unspecified atom stereocenters. The van der Waals surface area contributed by atoms with Crippen LogP contribution in [0.15, 0.2) is 60.7 Å². The van der Waals surface area contributed by atoms with Crippen molar-refractivity contribution >= 4 is 23.4 Å². The Morgan fingerprint density at radius 2 is 1.87 bits per heavy atom. The van der Waals surface area contributed by atoms with Gasteiger partial charge in [-0.2, -0.15) is 5.10 Å². The van der Waals surface area contributed by atoms with Crippen LogP contribution < -0.4 is 21.3 Å². The Bertz CT molecular complexity index is 1060. The molecule has 1 aliphatic heterocycles. The molecule has 0 aliphatic carbocycles. The maximum absolute atomic E-state index is 12.7. The van der Waals surface area contributed by atoms with Gasteiger partial charge in [-0.25, -0.2) is 9.48 Å². The summed E-state index contributed by atoms with van der Waals surface area (Å²) in [4.78, 5) is 24.9. The predicted octanol–water partition coefficient (Wildman–Crippen LogP) is 3.85. The molecule has 3 amide bonds. The lowest BCUT2D eigenvalue weighted by molar-refractivity contribution is -0.125. The molecule has 0 spiro atoms. The number of carbonyl (C=O) groups excluding carboxylic acids is 2. The van der Waals surface area contributed by atoms with Crippen LogP contribution in [-0.2, 0) is 4.79 Å². The zero-order chi connectivity index (χ0) is 21.8. The maximum atomic E-state index is 12.7. The third kappa shape index (κ3) is 4.92. The maximum Gasteiger partial charge on any atom is 0.324 e. The molecule has 8 nitrogen and oxygen atoms in total. The highest BCUT2D eigenvalue weighted by Gasteiger charge is 2.28. The molecule has 0 bridgehead atoms. The average Bonchev–Trinajstić information content (AvgIpc) is 3.19. The molecule has 1 fully saturated rings. The van der Waals surface area contributed by atoms with Crippen molar-refractivity contribution in [3.63, 3.8) is 0 Å². The van der Waals surface area contributed by atoms with E-state index < -0.39 is 12.3 Å².